The lowest BCUT2D eigenvalue weighted by Gasteiger charge is -1.95. The lowest BCUT2D eigenvalue weighted by atomic mass is 10.2. The fraction of sp³-hybridized carbons (Fsp3) is 0.857. The smallest absolute Gasteiger partial charge is 0.300 e. The van der Waals surface area contributed by atoms with Crippen LogP contribution in [0.1, 0.15) is 27.2 Å². The van der Waals surface area contributed by atoms with Gasteiger partial charge < -0.3 is 5.11 Å². The Bertz CT molecular complexity index is 77.7. The van der Waals surface area contributed by atoms with Crippen molar-refractivity contribution in [3.63, 3.8) is 0 Å². The molecule has 0 aromatic heterocycles. The Morgan fingerprint density at radius 2 is 1.90 bits per heavy atom. The molecule has 0 saturated carbocycles. The Hall–Kier alpha value is -0.180. The number of hydrogen-bond acceptors (Lipinski definition) is 2. The summed E-state index contributed by atoms with van der Waals surface area (Å²) in [6.07, 6.45) is 1.24. The first-order valence-corrected chi connectivity index (χ1v) is 3.94. The van der Waals surface area contributed by atoms with E-state index in [4.69, 9.17) is 9.90 Å². The van der Waals surface area contributed by atoms with Crippen molar-refractivity contribution >= 4 is 18.6 Å². The summed E-state index contributed by atoms with van der Waals surface area (Å²) >= 11 is 4.06. The Kier molecular flexibility index (Phi) is 11.0. The van der Waals surface area contributed by atoms with Gasteiger partial charge in [-0.3, -0.25) is 4.79 Å². The summed E-state index contributed by atoms with van der Waals surface area (Å²) in [5, 5.41) is 7.42. The fourth-order valence-corrected chi connectivity index (χ4v) is 0.775. The molecule has 0 heterocycles. The molecule has 62 valence electrons. The van der Waals surface area contributed by atoms with Crippen molar-refractivity contribution in [3.8, 4) is 0 Å². The minimum atomic E-state index is -0.833. The van der Waals surface area contributed by atoms with Crippen molar-refractivity contribution in [3.05, 3.63) is 0 Å². The third kappa shape index (κ3) is 45.7. The van der Waals surface area contributed by atoms with Gasteiger partial charge in [-0.1, -0.05) is 13.8 Å². The van der Waals surface area contributed by atoms with Gasteiger partial charge in [0.25, 0.3) is 5.97 Å². The highest BCUT2D eigenvalue weighted by Crippen LogP contribution is 1.98. The highest BCUT2D eigenvalue weighted by atomic mass is 32.1. The van der Waals surface area contributed by atoms with Gasteiger partial charge in [-0.05, 0) is 18.1 Å². The van der Waals surface area contributed by atoms with E-state index in [-0.39, 0.29) is 0 Å². The molecule has 0 aliphatic heterocycles. The van der Waals surface area contributed by atoms with Crippen molar-refractivity contribution in [2.75, 3.05) is 5.75 Å². The molecule has 0 aliphatic rings. The van der Waals surface area contributed by atoms with Crippen LogP contribution in [0, 0.1) is 5.92 Å². The van der Waals surface area contributed by atoms with Gasteiger partial charge >= 0.3 is 0 Å². The minimum Gasteiger partial charge on any atom is -0.481 e. The molecule has 0 spiro atoms. The van der Waals surface area contributed by atoms with Crippen molar-refractivity contribution in [2.45, 2.75) is 27.2 Å². The van der Waals surface area contributed by atoms with E-state index in [1.165, 1.54) is 6.42 Å². The number of carbonyl (C=O) groups is 1. The van der Waals surface area contributed by atoms with Crippen LogP contribution >= 0.6 is 12.6 Å². The fourth-order valence-electron chi connectivity index (χ4n) is 0.258. The first-order valence-electron chi connectivity index (χ1n) is 3.31. The Labute approximate surface area is 68.0 Å². The third-order valence-corrected chi connectivity index (χ3v) is 0.965. The number of carboxylic acid groups (broad SMARTS) is 1. The predicted molar refractivity (Wildman–Crippen MR) is 46.6 cm³/mol. The van der Waals surface area contributed by atoms with Crippen LogP contribution in [-0.2, 0) is 4.79 Å². The maximum Gasteiger partial charge on any atom is 0.300 e. The van der Waals surface area contributed by atoms with E-state index in [1.54, 1.807) is 0 Å². The maximum absolute atomic E-state index is 9.00. The number of thiol groups is 1. The van der Waals surface area contributed by atoms with Crippen LogP contribution in [0.15, 0.2) is 0 Å². The van der Waals surface area contributed by atoms with Gasteiger partial charge in [0.05, 0.1) is 0 Å². The Morgan fingerprint density at radius 3 is 1.90 bits per heavy atom. The molecule has 2 nitrogen and oxygen atoms in total. The third-order valence-electron chi connectivity index (χ3n) is 0.706. The van der Waals surface area contributed by atoms with Crippen LogP contribution in [0.3, 0.4) is 0 Å². The van der Waals surface area contributed by atoms with Crippen LogP contribution in [0.5, 0.6) is 0 Å². The molecule has 0 aromatic carbocycles. The minimum absolute atomic E-state index is 0.822. The molecule has 0 rings (SSSR count). The molecular formula is C7H16O2S. The highest BCUT2D eigenvalue weighted by Gasteiger charge is 1.86. The van der Waals surface area contributed by atoms with Crippen LogP contribution < -0.4 is 0 Å². The van der Waals surface area contributed by atoms with Gasteiger partial charge in [0.2, 0.25) is 0 Å². The maximum atomic E-state index is 9.00. The van der Waals surface area contributed by atoms with Crippen molar-refractivity contribution in [1.29, 1.82) is 0 Å². The molecule has 10 heavy (non-hydrogen) atoms. The zero-order chi connectivity index (χ0) is 8.57. The number of rotatable bonds is 2. The van der Waals surface area contributed by atoms with Crippen LogP contribution in [0.4, 0.5) is 0 Å². The summed E-state index contributed by atoms with van der Waals surface area (Å²) in [7, 11) is 0. The summed E-state index contributed by atoms with van der Waals surface area (Å²) in [6, 6.07) is 0. The summed E-state index contributed by atoms with van der Waals surface area (Å²) in [5.41, 5.74) is 0. The molecule has 1 N–H and O–H groups in total. The van der Waals surface area contributed by atoms with E-state index >= 15 is 0 Å². The molecule has 0 unspecified atom stereocenters. The molecule has 0 radical (unpaired) electrons. The summed E-state index contributed by atoms with van der Waals surface area (Å²) in [5.74, 6) is 1.01. The van der Waals surface area contributed by atoms with Crippen molar-refractivity contribution in [2.24, 2.45) is 5.92 Å². The van der Waals surface area contributed by atoms with E-state index in [2.05, 4.69) is 26.5 Å². The van der Waals surface area contributed by atoms with Gasteiger partial charge in [-0.15, -0.1) is 0 Å². The summed E-state index contributed by atoms with van der Waals surface area (Å²) in [4.78, 5) is 9.00. The molecule has 0 aliphatic carbocycles. The highest BCUT2D eigenvalue weighted by molar-refractivity contribution is 7.80. The first-order chi connectivity index (χ1) is 4.50. The van der Waals surface area contributed by atoms with E-state index in [0.29, 0.717) is 0 Å². The first kappa shape index (κ1) is 12.5. The van der Waals surface area contributed by atoms with Crippen LogP contribution in [0.25, 0.3) is 0 Å². The van der Waals surface area contributed by atoms with E-state index in [0.717, 1.165) is 18.6 Å². The van der Waals surface area contributed by atoms with Crippen LogP contribution in [-0.4, -0.2) is 16.8 Å². The zero-order valence-electron chi connectivity index (χ0n) is 6.79. The van der Waals surface area contributed by atoms with Gasteiger partial charge in [0, 0.05) is 6.92 Å². The monoisotopic (exact) mass is 164 g/mol. The lowest BCUT2D eigenvalue weighted by Crippen LogP contribution is -1.85. The number of carboxylic acids is 1. The molecular weight excluding hydrogens is 148 g/mol. The second kappa shape index (κ2) is 8.82. The molecule has 0 saturated heterocycles. The molecule has 0 fully saturated rings. The summed E-state index contributed by atoms with van der Waals surface area (Å²) < 4.78 is 0. The Balaban J connectivity index is 0. The molecule has 0 bridgehead atoms. The van der Waals surface area contributed by atoms with E-state index < -0.39 is 5.97 Å². The molecule has 0 aromatic rings. The van der Waals surface area contributed by atoms with E-state index in [1.807, 2.05) is 0 Å². The largest absolute Gasteiger partial charge is 0.481 e. The lowest BCUT2D eigenvalue weighted by molar-refractivity contribution is -0.134. The van der Waals surface area contributed by atoms with Gasteiger partial charge in [0.15, 0.2) is 0 Å². The average Bonchev–Trinajstić information content (AvgIpc) is 1.62. The van der Waals surface area contributed by atoms with Gasteiger partial charge in [-0.2, -0.15) is 12.6 Å². The molecule has 3 heteroatoms. The normalized spacial score (nSPS) is 8.50. The Morgan fingerprint density at radius 1 is 1.60 bits per heavy atom. The second-order valence-electron chi connectivity index (χ2n) is 2.43. The topological polar surface area (TPSA) is 37.3 Å². The average molecular weight is 164 g/mol. The quantitative estimate of drug-likeness (QED) is 0.613. The molecule has 0 atom stereocenters. The van der Waals surface area contributed by atoms with Crippen molar-refractivity contribution in [1.82, 2.24) is 0 Å². The summed E-state index contributed by atoms with van der Waals surface area (Å²) in [6.45, 7) is 5.49. The number of aliphatic carboxylic acids is 1. The molecule has 0 amide bonds. The number of hydrogen-bond donors (Lipinski definition) is 2. The van der Waals surface area contributed by atoms with E-state index in [9.17, 15) is 0 Å². The second-order valence-corrected chi connectivity index (χ2v) is 2.87. The SMILES string of the molecule is CC(=O)O.CC(C)CCS. The van der Waals surface area contributed by atoms with Crippen molar-refractivity contribution < 1.29 is 9.90 Å². The predicted octanol–water partition coefficient (Wildman–Crippen LogP) is 2.05. The van der Waals surface area contributed by atoms with Crippen LogP contribution in [0.2, 0.25) is 0 Å². The zero-order valence-corrected chi connectivity index (χ0v) is 7.69. The standard InChI is InChI=1S/C5H12S.C2H4O2/c1-5(2)3-4-6;1-2(3)4/h5-6H,3-4H2,1-2H3;1H3,(H,3,4). The van der Waals surface area contributed by atoms with Gasteiger partial charge in [-0.25, -0.2) is 0 Å². The van der Waals surface area contributed by atoms with Gasteiger partial charge in [0.1, 0.15) is 0 Å².